The molecule has 3 nitrogen and oxygen atoms in total. The quantitative estimate of drug-likeness (QED) is 0.811. The lowest BCUT2D eigenvalue weighted by Gasteiger charge is -2.27. The van der Waals surface area contributed by atoms with Gasteiger partial charge >= 0.3 is 5.97 Å². The van der Waals surface area contributed by atoms with Crippen LogP contribution in [0.1, 0.15) is 38.3 Å². The Morgan fingerprint density at radius 1 is 1.44 bits per heavy atom. The van der Waals surface area contributed by atoms with Gasteiger partial charge in [0.1, 0.15) is 11.9 Å². The molecule has 1 aromatic rings. The van der Waals surface area contributed by atoms with Gasteiger partial charge in [0.15, 0.2) is 0 Å². The highest BCUT2D eigenvalue weighted by molar-refractivity contribution is 5.75. The SMILES string of the molecule is CCCCN(CC)C(C(=O)O)c1cccc(F)c1. The summed E-state index contributed by atoms with van der Waals surface area (Å²) in [5, 5.41) is 9.35. The zero-order valence-corrected chi connectivity index (χ0v) is 10.9. The molecule has 0 aliphatic carbocycles. The Balaban J connectivity index is 2.97. The molecular formula is C14H20FNO2. The molecule has 4 heteroatoms. The summed E-state index contributed by atoms with van der Waals surface area (Å²) < 4.78 is 13.2. The van der Waals surface area contributed by atoms with E-state index in [1.165, 1.54) is 12.1 Å². The van der Waals surface area contributed by atoms with Crippen molar-refractivity contribution in [3.8, 4) is 0 Å². The van der Waals surface area contributed by atoms with E-state index in [9.17, 15) is 14.3 Å². The molecule has 1 aromatic carbocycles. The molecule has 1 atom stereocenters. The highest BCUT2D eigenvalue weighted by Crippen LogP contribution is 2.22. The van der Waals surface area contributed by atoms with Gasteiger partial charge in [0.05, 0.1) is 0 Å². The summed E-state index contributed by atoms with van der Waals surface area (Å²) in [5.74, 6) is -1.33. The van der Waals surface area contributed by atoms with E-state index in [4.69, 9.17) is 0 Å². The fourth-order valence-electron chi connectivity index (χ4n) is 2.02. The molecular weight excluding hydrogens is 233 g/mol. The molecule has 0 aliphatic heterocycles. The van der Waals surface area contributed by atoms with Gasteiger partial charge in [-0.3, -0.25) is 9.69 Å². The molecule has 18 heavy (non-hydrogen) atoms. The van der Waals surface area contributed by atoms with E-state index in [0.29, 0.717) is 18.7 Å². The van der Waals surface area contributed by atoms with E-state index in [-0.39, 0.29) is 0 Å². The van der Waals surface area contributed by atoms with Crippen molar-refractivity contribution in [2.45, 2.75) is 32.7 Å². The van der Waals surface area contributed by atoms with Crippen molar-refractivity contribution in [3.63, 3.8) is 0 Å². The predicted molar refractivity (Wildman–Crippen MR) is 68.9 cm³/mol. The first kappa shape index (κ1) is 14.6. The van der Waals surface area contributed by atoms with Crippen molar-refractivity contribution in [1.29, 1.82) is 0 Å². The first-order valence-electron chi connectivity index (χ1n) is 6.32. The molecule has 0 bridgehead atoms. The number of nitrogens with zero attached hydrogens (tertiary/aromatic N) is 1. The molecule has 100 valence electrons. The van der Waals surface area contributed by atoms with E-state index < -0.39 is 17.8 Å². The molecule has 0 radical (unpaired) electrons. The third-order valence-electron chi connectivity index (χ3n) is 2.97. The van der Waals surface area contributed by atoms with Gasteiger partial charge in [0.25, 0.3) is 0 Å². The smallest absolute Gasteiger partial charge is 0.325 e. The molecule has 0 saturated carbocycles. The van der Waals surface area contributed by atoms with Crippen LogP contribution < -0.4 is 0 Å². The lowest BCUT2D eigenvalue weighted by Crippen LogP contribution is -2.34. The summed E-state index contributed by atoms with van der Waals surface area (Å²) in [7, 11) is 0. The predicted octanol–water partition coefficient (Wildman–Crippen LogP) is 3.07. The van der Waals surface area contributed by atoms with Gasteiger partial charge in [-0.1, -0.05) is 32.4 Å². The molecule has 0 spiro atoms. The van der Waals surface area contributed by atoms with E-state index in [0.717, 1.165) is 12.8 Å². The van der Waals surface area contributed by atoms with Crippen LogP contribution in [0.3, 0.4) is 0 Å². The summed E-state index contributed by atoms with van der Waals surface area (Å²) in [6, 6.07) is 5.07. The number of carbonyl (C=O) groups is 1. The molecule has 1 unspecified atom stereocenters. The van der Waals surface area contributed by atoms with Crippen molar-refractivity contribution in [2.75, 3.05) is 13.1 Å². The minimum atomic E-state index is -0.932. The van der Waals surface area contributed by atoms with Gasteiger partial charge in [0.2, 0.25) is 0 Å². The molecule has 1 rings (SSSR count). The normalized spacial score (nSPS) is 12.7. The number of benzene rings is 1. The van der Waals surface area contributed by atoms with Crippen LogP contribution in [0.4, 0.5) is 4.39 Å². The van der Waals surface area contributed by atoms with E-state index in [1.54, 1.807) is 12.1 Å². The van der Waals surface area contributed by atoms with Gasteiger partial charge in [-0.15, -0.1) is 0 Å². The van der Waals surface area contributed by atoms with Crippen LogP contribution >= 0.6 is 0 Å². The Bertz CT molecular complexity index is 395. The third-order valence-corrected chi connectivity index (χ3v) is 2.97. The zero-order valence-electron chi connectivity index (χ0n) is 10.9. The second-order valence-electron chi connectivity index (χ2n) is 4.28. The lowest BCUT2D eigenvalue weighted by molar-refractivity contribution is -0.143. The van der Waals surface area contributed by atoms with Crippen molar-refractivity contribution in [2.24, 2.45) is 0 Å². The molecule has 0 aliphatic rings. The van der Waals surface area contributed by atoms with Crippen LogP contribution in [0.15, 0.2) is 24.3 Å². The highest BCUT2D eigenvalue weighted by atomic mass is 19.1. The van der Waals surface area contributed by atoms with Gasteiger partial charge in [-0.05, 0) is 37.2 Å². The molecule has 0 aromatic heterocycles. The average Bonchev–Trinajstić information content (AvgIpc) is 2.33. The average molecular weight is 253 g/mol. The van der Waals surface area contributed by atoms with E-state index in [1.807, 2.05) is 11.8 Å². The Morgan fingerprint density at radius 2 is 2.17 bits per heavy atom. The van der Waals surface area contributed by atoms with Crippen molar-refractivity contribution >= 4 is 5.97 Å². The van der Waals surface area contributed by atoms with Crippen molar-refractivity contribution in [1.82, 2.24) is 4.90 Å². The molecule has 0 saturated heterocycles. The number of halogens is 1. The monoisotopic (exact) mass is 253 g/mol. The third kappa shape index (κ3) is 3.81. The van der Waals surface area contributed by atoms with Crippen LogP contribution in [0.2, 0.25) is 0 Å². The highest BCUT2D eigenvalue weighted by Gasteiger charge is 2.26. The Labute approximate surface area is 107 Å². The maximum absolute atomic E-state index is 13.2. The molecule has 0 fully saturated rings. The van der Waals surface area contributed by atoms with Gasteiger partial charge < -0.3 is 5.11 Å². The second kappa shape index (κ2) is 7.11. The van der Waals surface area contributed by atoms with Crippen LogP contribution in [-0.2, 0) is 4.79 Å². The fraction of sp³-hybridized carbons (Fsp3) is 0.500. The number of hydrogen-bond acceptors (Lipinski definition) is 2. The van der Waals surface area contributed by atoms with Crippen LogP contribution in [0.25, 0.3) is 0 Å². The van der Waals surface area contributed by atoms with Gasteiger partial charge in [0, 0.05) is 0 Å². The van der Waals surface area contributed by atoms with Gasteiger partial charge in [-0.25, -0.2) is 4.39 Å². The standard InChI is InChI=1S/C14H20FNO2/c1-3-5-9-16(4-2)13(14(17)18)11-7-6-8-12(15)10-11/h6-8,10,13H,3-5,9H2,1-2H3,(H,17,18). The summed E-state index contributed by atoms with van der Waals surface area (Å²) in [4.78, 5) is 13.3. The number of hydrogen-bond donors (Lipinski definition) is 1. The number of rotatable bonds is 7. The Kier molecular flexibility index (Phi) is 5.78. The first-order valence-corrected chi connectivity index (χ1v) is 6.32. The van der Waals surface area contributed by atoms with Crippen LogP contribution in [0.5, 0.6) is 0 Å². The van der Waals surface area contributed by atoms with Crippen LogP contribution in [-0.4, -0.2) is 29.1 Å². The van der Waals surface area contributed by atoms with Crippen LogP contribution in [0, 0.1) is 5.82 Å². The first-order chi connectivity index (χ1) is 8.60. The van der Waals surface area contributed by atoms with E-state index in [2.05, 4.69) is 6.92 Å². The largest absolute Gasteiger partial charge is 0.480 e. The van der Waals surface area contributed by atoms with Gasteiger partial charge in [-0.2, -0.15) is 0 Å². The maximum Gasteiger partial charge on any atom is 0.325 e. The molecule has 0 amide bonds. The van der Waals surface area contributed by atoms with Crippen molar-refractivity contribution in [3.05, 3.63) is 35.6 Å². The maximum atomic E-state index is 13.2. The van der Waals surface area contributed by atoms with E-state index >= 15 is 0 Å². The molecule has 1 N–H and O–H groups in total. The Morgan fingerprint density at radius 3 is 2.67 bits per heavy atom. The summed E-state index contributed by atoms with van der Waals surface area (Å²) in [5.41, 5.74) is 0.500. The minimum Gasteiger partial charge on any atom is -0.480 e. The number of aliphatic carboxylic acids is 1. The molecule has 0 heterocycles. The number of carboxylic acids is 1. The topological polar surface area (TPSA) is 40.5 Å². The number of carboxylic acid groups (broad SMARTS) is 1. The fourth-order valence-corrected chi connectivity index (χ4v) is 2.02. The zero-order chi connectivity index (χ0) is 13.5. The Hall–Kier alpha value is -1.42. The summed E-state index contributed by atoms with van der Waals surface area (Å²) in [6.07, 6.45) is 1.94. The minimum absolute atomic E-state index is 0.398. The van der Waals surface area contributed by atoms with Crippen molar-refractivity contribution < 1.29 is 14.3 Å². The second-order valence-corrected chi connectivity index (χ2v) is 4.28. The lowest BCUT2D eigenvalue weighted by atomic mass is 10.0. The number of unbranched alkanes of at least 4 members (excludes halogenated alkanes) is 1. The number of likely N-dealkylation sites (N-methyl/N-ethyl adjacent to an activating group) is 1. The summed E-state index contributed by atoms with van der Waals surface area (Å²) in [6.45, 7) is 5.32. The summed E-state index contributed by atoms with van der Waals surface area (Å²) >= 11 is 0.